The number of nitrogens with zero attached hydrogens (tertiary/aromatic N) is 3. The quantitative estimate of drug-likeness (QED) is 0.395. The Morgan fingerprint density at radius 1 is 1.13 bits per heavy atom. The molecule has 0 aromatic heterocycles. The van der Waals surface area contributed by atoms with Crippen LogP contribution in [0, 0.1) is 15.9 Å². The second kappa shape index (κ2) is 8.27. The monoisotopic (exact) mass is 427 g/mol. The number of nitro benzene ring substituents is 1. The van der Waals surface area contributed by atoms with Gasteiger partial charge in [0.05, 0.1) is 22.1 Å². The van der Waals surface area contributed by atoms with E-state index in [1.807, 2.05) is 4.90 Å². The Balaban J connectivity index is 1.52. The zero-order valence-corrected chi connectivity index (χ0v) is 16.7. The lowest BCUT2D eigenvalue weighted by atomic mass is 10.1. The molecule has 0 saturated carbocycles. The summed E-state index contributed by atoms with van der Waals surface area (Å²) in [5, 5.41) is 10.5. The molecular formula is C21H18FN3O4S. The molecule has 2 heterocycles. The summed E-state index contributed by atoms with van der Waals surface area (Å²) >= 11 is 0.774. The van der Waals surface area contributed by atoms with Crippen molar-refractivity contribution in [1.29, 1.82) is 0 Å². The van der Waals surface area contributed by atoms with Crippen LogP contribution in [0.2, 0.25) is 0 Å². The van der Waals surface area contributed by atoms with Crippen molar-refractivity contribution in [2.75, 3.05) is 18.0 Å². The largest absolute Gasteiger partial charge is 0.369 e. The third-order valence-corrected chi connectivity index (χ3v) is 5.96. The van der Waals surface area contributed by atoms with Gasteiger partial charge in [-0.25, -0.2) is 4.39 Å². The number of halogens is 1. The minimum Gasteiger partial charge on any atom is -0.369 e. The fourth-order valence-corrected chi connectivity index (χ4v) is 4.40. The first kappa shape index (κ1) is 20.1. The standard InChI is InChI=1S/C21H18FN3O4S/c22-17-11-14(6-7-18(17)23-8-1-2-9-23)12-19-20(26)24(21(27)30-19)13-15-4-3-5-16(10-15)25(28)29/h3-7,10-12H,1-2,8-9,13H2/b19-12-. The summed E-state index contributed by atoms with van der Waals surface area (Å²) < 4.78 is 14.5. The zero-order chi connectivity index (χ0) is 21.3. The normalized spacial score (nSPS) is 18.0. The molecule has 0 N–H and O–H groups in total. The van der Waals surface area contributed by atoms with Gasteiger partial charge in [0.15, 0.2) is 0 Å². The Morgan fingerprint density at radius 3 is 2.60 bits per heavy atom. The summed E-state index contributed by atoms with van der Waals surface area (Å²) in [7, 11) is 0. The molecule has 4 rings (SSSR count). The molecule has 2 aliphatic heterocycles. The number of benzene rings is 2. The maximum atomic E-state index is 14.5. The van der Waals surface area contributed by atoms with Crippen molar-refractivity contribution in [2.24, 2.45) is 0 Å². The molecule has 2 aliphatic rings. The van der Waals surface area contributed by atoms with Gasteiger partial charge in [-0.3, -0.25) is 24.6 Å². The van der Waals surface area contributed by atoms with E-state index in [9.17, 15) is 24.1 Å². The van der Waals surface area contributed by atoms with Gasteiger partial charge in [-0.2, -0.15) is 0 Å². The molecule has 0 atom stereocenters. The predicted octanol–water partition coefficient (Wildman–Crippen LogP) is 4.57. The van der Waals surface area contributed by atoms with Crippen LogP contribution in [0.3, 0.4) is 0 Å². The molecule has 0 aliphatic carbocycles. The highest BCUT2D eigenvalue weighted by Gasteiger charge is 2.35. The van der Waals surface area contributed by atoms with E-state index in [2.05, 4.69) is 0 Å². The minimum atomic E-state index is -0.530. The Hall–Kier alpha value is -3.20. The van der Waals surface area contributed by atoms with Crippen molar-refractivity contribution in [3.8, 4) is 0 Å². The first-order valence-corrected chi connectivity index (χ1v) is 10.3. The summed E-state index contributed by atoms with van der Waals surface area (Å²) in [6, 6.07) is 10.6. The highest BCUT2D eigenvalue weighted by Crippen LogP contribution is 2.34. The number of amides is 2. The number of rotatable bonds is 5. The van der Waals surface area contributed by atoms with Gasteiger partial charge in [-0.05, 0) is 53.9 Å². The van der Waals surface area contributed by atoms with Gasteiger partial charge in [0, 0.05) is 25.2 Å². The summed E-state index contributed by atoms with van der Waals surface area (Å²) in [6.07, 6.45) is 3.58. The Kier molecular flexibility index (Phi) is 5.54. The number of hydrogen-bond acceptors (Lipinski definition) is 6. The van der Waals surface area contributed by atoms with Crippen molar-refractivity contribution in [3.05, 3.63) is 74.4 Å². The average Bonchev–Trinajstić information content (AvgIpc) is 3.33. The number of carbonyl (C=O) groups is 2. The van der Waals surface area contributed by atoms with Crippen LogP contribution in [-0.4, -0.2) is 34.1 Å². The van der Waals surface area contributed by atoms with E-state index in [0.717, 1.165) is 42.6 Å². The number of hydrogen-bond donors (Lipinski definition) is 0. The molecule has 154 valence electrons. The minimum absolute atomic E-state index is 0.0635. The zero-order valence-electron chi connectivity index (χ0n) is 15.9. The number of imide groups is 1. The first-order valence-electron chi connectivity index (χ1n) is 9.45. The lowest BCUT2D eigenvalue weighted by Gasteiger charge is -2.18. The van der Waals surface area contributed by atoms with Crippen LogP contribution in [0.15, 0.2) is 47.4 Å². The van der Waals surface area contributed by atoms with Crippen LogP contribution < -0.4 is 4.90 Å². The fraction of sp³-hybridized carbons (Fsp3) is 0.238. The molecule has 0 radical (unpaired) electrons. The van der Waals surface area contributed by atoms with Gasteiger partial charge in [0.25, 0.3) is 16.8 Å². The van der Waals surface area contributed by atoms with Crippen molar-refractivity contribution < 1.29 is 18.9 Å². The number of non-ortho nitro benzene ring substituents is 1. The van der Waals surface area contributed by atoms with Gasteiger partial charge in [0.2, 0.25) is 0 Å². The topological polar surface area (TPSA) is 83.8 Å². The fourth-order valence-electron chi connectivity index (χ4n) is 3.57. The second-order valence-corrected chi connectivity index (χ2v) is 8.09. The van der Waals surface area contributed by atoms with Crippen LogP contribution >= 0.6 is 11.8 Å². The SMILES string of the molecule is O=C1S/C(=C\c2ccc(N3CCCC3)c(F)c2)C(=O)N1Cc1cccc([N+](=O)[O-])c1. The summed E-state index contributed by atoms with van der Waals surface area (Å²) in [5.74, 6) is -0.859. The lowest BCUT2D eigenvalue weighted by molar-refractivity contribution is -0.384. The van der Waals surface area contributed by atoms with Gasteiger partial charge < -0.3 is 4.90 Å². The van der Waals surface area contributed by atoms with E-state index in [0.29, 0.717) is 16.8 Å². The highest BCUT2D eigenvalue weighted by molar-refractivity contribution is 8.18. The third kappa shape index (κ3) is 4.06. The van der Waals surface area contributed by atoms with E-state index in [1.165, 1.54) is 30.3 Å². The molecule has 0 bridgehead atoms. The van der Waals surface area contributed by atoms with E-state index < -0.39 is 16.1 Å². The van der Waals surface area contributed by atoms with Gasteiger partial charge in [-0.1, -0.05) is 18.2 Å². The Bertz CT molecular complexity index is 1070. The van der Waals surface area contributed by atoms with Crippen molar-refractivity contribution in [1.82, 2.24) is 4.90 Å². The van der Waals surface area contributed by atoms with Crippen molar-refractivity contribution in [2.45, 2.75) is 19.4 Å². The van der Waals surface area contributed by atoms with Crippen LogP contribution in [-0.2, 0) is 11.3 Å². The van der Waals surface area contributed by atoms with E-state index in [4.69, 9.17) is 0 Å². The summed E-state index contributed by atoms with van der Waals surface area (Å²) in [5.41, 5.74) is 1.41. The summed E-state index contributed by atoms with van der Waals surface area (Å²) in [4.78, 5) is 38.6. The molecule has 2 amide bonds. The number of carbonyl (C=O) groups excluding carboxylic acids is 2. The number of thioether (sulfide) groups is 1. The highest BCUT2D eigenvalue weighted by atomic mass is 32.2. The smallest absolute Gasteiger partial charge is 0.293 e. The lowest BCUT2D eigenvalue weighted by Crippen LogP contribution is -2.27. The molecule has 30 heavy (non-hydrogen) atoms. The van der Waals surface area contributed by atoms with Crippen LogP contribution in [0.5, 0.6) is 0 Å². The van der Waals surface area contributed by atoms with E-state index in [-0.39, 0.29) is 23.0 Å². The molecule has 2 aromatic carbocycles. The second-order valence-electron chi connectivity index (χ2n) is 7.10. The third-order valence-electron chi connectivity index (χ3n) is 5.05. The number of anilines is 1. The molecule has 0 spiro atoms. The Morgan fingerprint density at radius 2 is 1.90 bits per heavy atom. The van der Waals surface area contributed by atoms with Crippen LogP contribution in [0.4, 0.5) is 20.6 Å². The van der Waals surface area contributed by atoms with Crippen LogP contribution in [0.1, 0.15) is 24.0 Å². The van der Waals surface area contributed by atoms with Gasteiger partial charge in [-0.15, -0.1) is 0 Å². The summed E-state index contributed by atoms with van der Waals surface area (Å²) in [6.45, 7) is 1.59. The molecule has 9 heteroatoms. The van der Waals surface area contributed by atoms with Crippen molar-refractivity contribution in [3.63, 3.8) is 0 Å². The first-order chi connectivity index (χ1) is 14.4. The molecule has 2 saturated heterocycles. The molecule has 2 fully saturated rings. The van der Waals surface area contributed by atoms with Crippen molar-refractivity contribution >= 4 is 40.4 Å². The molecule has 2 aromatic rings. The molecule has 7 nitrogen and oxygen atoms in total. The maximum Gasteiger partial charge on any atom is 0.293 e. The molecular weight excluding hydrogens is 409 g/mol. The van der Waals surface area contributed by atoms with E-state index in [1.54, 1.807) is 18.2 Å². The van der Waals surface area contributed by atoms with Gasteiger partial charge >= 0.3 is 0 Å². The average molecular weight is 427 g/mol. The van der Waals surface area contributed by atoms with E-state index >= 15 is 0 Å². The molecule has 0 unspecified atom stereocenters. The van der Waals surface area contributed by atoms with Gasteiger partial charge in [0.1, 0.15) is 5.82 Å². The maximum absolute atomic E-state index is 14.5. The number of nitro groups is 1. The van der Waals surface area contributed by atoms with Crippen LogP contribution in [0.25, 0.3) is 6.08 Å². The Labute approximate surface area is 176 Å². The predicted molar refractivity (Wildman–Crippen MR) is 112 cm³/mol.